The van der Waals surface area contributed by atoms with Crippen LogP contribution in [0.3, 0.4) is 0 Å². The predicted molar refractivity (Wildman–Crippen MR) is 93.4 cm³/mol. The van der Waals surface area contributed by atoms with Crippen molar-refractivity contribution in [2.75, 3.05) is 24.6 Å². The molecule has 1 aromatic rings. The van der Waals surface area contributed by atoms with Crippen LogP contribution < -0.4 is 4.90 Å². The third-order valence-electron chi connectivity index (χ3n) is 8.22. The largest absolute Gasteiger partial charge is 0.373 e. The quantitative estimate of drug-likeness (QED) is 0.681. The number of nitrogens with zero attached hydrogens (tertiary/aromatic N) is 2. The van der Waals surface area contributed by atoms with Crippen molar-refractivity contribution in [3.8, 4) is 0 Å². The summed E-state index contributed by atoms with van der Waals surface area (Å²) in [6, 6.07) is 9.64. The Morgan fingerprint density at radius 1 is 1.24 bits per heavy atom. The topological polar surface area (TPSA) is 32.8 Å². The van der Waals surface area contributed by atoms with E-state index in [2.05, 4.69) is 40.1 Å². The number of rotatable bonds is 0. The van der Waals surface area contributed by atoms with E-state index in [0.29, 0.717) is 36.9 Å². The Balaban J connectivity index is 1.55. The first-order valence-corrected chi connectivity index (χ1v) is 9.75. The molecule has 25 heavy (non-hydrogen) atoms. The fourth-order valence-corrected chi connectivity index (χ4v) is 7.51. The first kappa shape index (κ1) is 13.5. The molecule has 6 aliphatic rings. The number of benzene rings is 1. The van der Waals surface area contributed by atoms with Gasteiger partial charge in [0.05, 0.1) is 25.2 Å². The van der Waals surface area contributed by atoms with Crippen LogP contribution in [-0.2, 0) is 14.9 Å². The zero-order chi connectivity index (χ0) is 16.3. The number of carbonyl (C=O) groups is 1. The van der Waals surface area contributed by atoms with Crippen molar-refractivity contribution < 1.29 is 9.53 Å². The van der Waals surface area contributed by atoms with Crippen LogP contribution in [0.25, 0.3) is 0 Å². The molecule has 6 atom stereocenters. The number of hydrogen-bond donors (Lipinski definition) is 0. The van der Waals surface area contributed by atoms with Gasteiger partial charge in [-0.2, -0.15) is 0 Å². The lowest BCUT2D eigenvalue weighted by atomic mass is 9.53. The van der Waals surface area contributed by atoms with Crippen LogP contribution in [0.4, 0.5) is 5.69 Å². The molecule has 128 valence electrons. The molecule has 2 bridgehead atoms. The Morgan fingerprint density at radius 3 is 3.12 bits per heavy atom. The minimum atomic E-state index is 0.104. The van der Waals surface area contributed by atoms with Crippen LogP contribution in [0.1, 0.15) is 24.8 Å². The second-order valence-electron chi connectivity index (χ2n) is 8.78. The van der Waals surface area contributed by atoms with E-state index in [1.165, 1.54) is 30.6 Å². The molecular formula is C21H22N2O2. The van der Waals surface area contributed by atoms with Crippen LogP contribution in [-0.4, -0.2) is 48.7 Å². The van der Waals surface area contributed by atoms with E-state index < -0.39 is 0 Å². The Hall–Kier alpha value is -1.65. The van der Waals surface area contributed by atoms with Crippen molar-refractivity contribution in [2.45, 2.75) is 42.9 Å². The summed E-state index contributed by atoms with van der Waals surface area (Å²) in [5.74, 6) is 1.35. The van der Waals surface area contributed by atoms with E-state index in [1.54, 1.807) is 5.57 Å². The van der Waals surface area contributed by atoms with Crippen LogP contribution >= 0.6 is 0 Å². The Kier molecular flexibility index (Phi) is 2.27. The van der Waals surface area contributed by atoms with Crippen molar-refractivity contribution in [1.82, 2.24) is 4.90 Å². The Morgan fingerprint density at radius 2 is 2.16 bits per heavy atom. The van der Waals surface area contributed by atoms with Crippen LogP contribution in [0, 0.1) is 11.8 Å². The molecule has 5 aliphatic heterocycles. The molecular weight excluding hydrogens is 312 g/mol. The summed E-state index contributed by atoms with van der Waals surface area (Å²) in [6.45, 7) is 2.97. The molecule has 1 saturated carbocycles. The number of carbonyl (C=O) groups excluding carboxylic acids is 1. The highest BCUT2D eigenvalue weighted by Gasteiger charge is 2.70. The van der Waals surface area contributed by atoms with Crippen molar-refractivity contribution in [3.05, 3.63) is 41.5 Å². The zero-order valence-corrected chi connectivity index (χ0v) is 14.2. The van der Waals surface area contributed by atoms with Crippen molar-refractivity contribution in [2.24, 2.45) is 11.8 Å². The van der Waals surface area contributed by atoms with Crippen LogP contribution in [0.15, 0.2) is 35.9 Å². The normalized spacial score (nSPS) is 45.9. The van der Waals surface area contributed by atoms with E-state index in [0.717, 1.165) is 6.54 Å². The zero-order valence-electron chi connectivity index (χ0n) is 14.2. The van der Waals surface area contributed by atoms with E-state index in [4.69, 9.17) is 4.74 Å². The lowest BCUT2D eigenvalue weighted by Crippen LogP contribution is -2.69. The molecule has 1 aliphatic carbocycles. The molecule has 4 fully saturated rings. The third kappa shape index (κ3) is 1.33. The van der Waals surface area contributed by atoms with Gasteiger partial charge in [-0.25, -0.2) is 0 Å². The molecule has 7 rings (SSSR count). The van der Waals surface area contributed by atoms with E-state index in [9.17, 15) is 4.79 Å². The summed E-state index contributed by atoms with van der Waals surface area (Å²) in [6.07, 6.45) is 5.43. The number of fused-ring (bicyclic) bond motifs is 2. The van der Waals surface area contributed by atoms with Gasteiger partial charge in [-0.1, -0.05) is 29.8 Å². The van der Waals surface area contributed by atoms with E-state index >= 15 is 0 Å². The average molecular weight is 334 g/mol. The van der Waals surface area contributed by atoms with Gasteiger partial charge in [0, 0.05) is 29.6 Å². The fourth-order valence-electron chi connectivity index (χ4n) is 7.51. The number of piperidine rings is 2. The Bertz CT molecular complexity index is 848. The summed E-state index contributed by atoms with van der Waals surface area (Å²) in [4.78, 5) is 18.1. The smallest absolute Gasteiger partial charge is 0.229 e. The highest BCUT2D eigenvalue weighted by atomic mass is 16.5. The second kappa shape index (κ2) is 4.18. The predicted octanol–water partition coefficient (Wildman–Crippen LogP) is 2.09. The van der Waals surface area contributed by atoms with Gasteiger partial charge in [0.25, 0.3) is 0 Å². The SMILES string of the molecule is O=C1CC2OCC=C3CN4CC[C@]56c7ccccc7N1[C@H]5[C@H]2C3C[C@H]46. The molecule has 4 heteroatoms. The molecule has 0 aromatic heterocycles. The number of anilines is 1. The fraction of sp³-hybridized carbons (Fsp3) is 0.571. The van der Waals surface area contributed by atoms with Gasteiger partial charge in [-0.15, -0.1) is 0 Å². The number of para-hydroxylation sites is 1. The molecule has 3 saturated heterocycles. The van der Waals surface area contributed by atoms with Crippen molar-refractivity contribution >= 4 is 11.6 Å². The van der Waals surface area contributed by atoms with E-state index in [-0.39, 0.29) is 17.4 Å². The molecule has 1 spiro atoms. The number of ether oxygens (including phenoxy) is 1. The first-order chi connectivity index (χ1) is 12.3. The van der Waals surface area contributed by atoms with Gasteiger partial charge in [-0.3, -0.25) is 9.69 Å². The molecule has 1 amide bonds. The van der Waals surface area contributed by atoms with E-state index in [1.807, 2.05) is 0 Å². The number of hydrogen-bond acceptors (Lipinski definition) is 3. The van der Waals surface area contributed by atoms with Gasteiger partial charge < -0.3 is 9.64 Å². The van der Waals surface area contributed by atoms with Gasteiger partial charge >= 0.3 is 0 Å². The highest BCUT2D eigenvalue weighted by Crippen LogP contribution is 2.65. The Labute approximate surface area is 147 Å². The molecule has 5 heterocycles. The maximum absolute atomic E-state index is 13.2. The lowest BCUT2D eigenvalue weighted by molar-refractivity contribution is -0.132. The number of amides is 1. The van der Waals surface area contributed by atoms with Crippen LogP contribution in [0.2, 0.25) is 0 Å². The lowest BCUT2D eigenvalue weighted by Gasteiger charge is -2.58. The molecule has 4 nitrogen and oxygen atoms in total. The van der Waals surface area contributed by atoms with Gasteiger partial charge in [-0.05, 0) is 36.9 Å². The summed E-state index contributed by atoms with van der Waals surface area (Å²) in [5.41, 5.74) is 4.35. The molecule has 2 unspecified atom stereocenters. The summed E-state index contributed by atoms with van der Waals surface area (Å²) in [7, 11) is 0. The third-order valence-corrected chi connectivity index (χ3v) is 8.22. The second-order valence-corrected chi connectivity index (χ2v) is 8.78. The minimum absolute atomic E-state index is 0.104. The van der Waals surface area contributed by atoms with Gasteiger partial charge in [0.15, 0.2) is 0 Å². The summed E-state index contributed by atoms with van der Waals surface area (Å²) >= 11 is 0. The molecule has 0 radical (unpaired) electrons. The standard InChI is InChI=1S/C21H22N2O2/c24-18-10-16-19-13-9-17-21(6-7-22(17)11-12(13)5-8-25-16)14-3-1-2-4-15(14)23(18)20(19)21/h1-5,13,16-17,19-20H,6-11H2/t13?,16?,17-,19-,20-,21+/m0/s1. The first-order valence-electron chi connectivity index (χ1n) is 9.75. The van der Waals surface area contributed by atoms with Gasteiger partial charge in [0.1, 0.15) is 0 Å². The summed E-state index contributed by atoms with van der Waals surface area (Å²) < 4.78 is 6.25. The maximum Gasteiger partial charge on any atom is 0.229 e. The highest BCUT2D eigenvalue weighted by molar-refractivity contribution is 5.99. The monoisotopic (exact) mass is 334 g/mol. The summed E-state index contributed by atoms with van der Waals surface area (Å²) in [5, 5.41) is 0. The average Bonchev–Trinajstić information content (AvgIpc) is 3.10. The maximum atomic E-state index is 13.2. The molecule has 0 N–H and O–H groups in total. The van der Waals surface area contributed by atoms with Gasteiger partial charge in [0.2, 0.25) is 5.91 Å². The van der Waals surface area contributed by atoms with Crippen molar-refractivity contribution in [1.29, 1.82) is 0 Å². The molecule has 1 aromatic carbocycles. The van der Waals surface area contributed by atoms with Crippen molar-refractivity contribution in [3.63, 3.8) is 0 Å². The van der Waals surface area contributed by atoms with Crippen LogP contribution in [0.5, 0.6) is 0 Å². The minimum Gasteiger partial charge on any atom is -0.373 e.